The molecule has 0 bridgehead atoms. The third kappa shape index (κ3) is 8.13. The first-order valence-electron chi connectivity index (χ1n) is 21.5. The lowest BCUT2D eigenvalue weighted by Crippen LogP contribution is -2.75. The van der Waals surface area contributed by atoms with Crippen LogP contribution >= 0.6 is 0 Å². The smallest absolute Gasteiger partial charge is 0.308 e. The maximum Gasteiger partial charge on any atom is 0.416 e. The fourth-order valence-electron chi connectivity index (χ4n) is 9.59. The third-order valence-corrected chi connectivity index (χ3v) is 21.1. The normalized spacial score (nSPS) is 15.2. The van der Waals surface area contributed by atoms with E-state index in [0.29, 0.717) is 24.3 Å². The Balaban J connectivity index is 1.31. The van der Waals surface area contributed by atoms with E-state index in [1.54, 1.807) is 0 Å². The molecule has 0 saturated carbocycles. The van der Waals surface area contributed by atoms with Crippen molar-refractivity contribution in [2.75, 3.05) is 9.80 Å². The molecule has 2 aliphatic heterocycles. The minimum absolute atomic E-state index is 0.113. The summed E-state index contributed by atoms with van der Waals surface area (Å²) >= 11 is 0. The Bertz CT molecular complexity index is 3330. The summed E-state index contributed by atoms with van der Waals surface area (Å²) in [5.74, 6) is 0. The number of nitrogens with zero attached hydrogens (tertiary/aromatic N) is 2. The predicted octanol–water partition coefficient (Wildman–Crippen LogP) is 12.4. The van der Waals surface area contributed by atoms with Gasteiger partial charge in [0.05, 0.1) is 64.6 Å². The molecular weight excluding hydrogens is 1040 g/mol. The molecule has 73 heavy (non-hydrogen) atoms. The topological polar surface area (TPSA) is 74.8 Å². The van der Waals surface area contributed by atoms with Gasteiger partial charge < -0.3 is 9.80 Å². The van der Waals surface area contributed by atoms with Gasteiger partial charge in [0, 0.05) is 11.4 Å². The monoisotopic (exact) mass is 1070 g/mol. The summed E-state index contributed by atoms with van der Waals surface area (Å²) in [5.41, 5.74) is -6.91. The molecule has 0 spiro atoms. The van der Waals surface area contributed by atoms with Crippen molar-refractivity contribution in [2.45, 2.75) is 44.3 Å². The average molecular weight is 1070 g/mol. The molecule has 0 aromatic heterocycles. The lowest BCUT2D eigenvalue weighted by molar-refractivity contribution is -0.144. The first kappa shape index (κ1) is 49.2. The molecule has 8 aromatic rings. The van der Waals surface area contributed by atoms with E-state index in [2.05, 4.69) is 0 Å². The number of hydrogen-bond acceptors (Lipinski definition) is 6. The van der Waals surface area contributed by atoms with Crippen LogP contribution in [0.4, 0.5) is 86.8 Å². The van der Waals surface area contributed by atoms with Crippen LogP contribution in [0.15, 0.2) is 202 Å². The van der Waals surface area contributed by atoms with Gasteiger partial charge in [-0.15, -0.1) is 0 Å². The first-order chi connectivity index (χ1) is 34.2. The second-order valence-corrected chi connectivity index (χ2v) is 24.6. The molecule has 0 unspecified atom stereocenters. The van der Waals surface area contributed by atoms with Crippen LogP contribution in [0.5, 0.6) is 0 Å². The summed E-state index contributed by atoms with van der Waals surface area (Å²) in [6.07, 6.45) is -22.2. The number of alkyl halides is 12. The van der Waals surface area contributed by atoms with E-state index in [0.717, 1.165) is 0 Å². The summed E-state index contributed by atoms with van der Waals surface area (Å²) in [6.45, 7) is 0. The van der Waals surface area contributed by atoms with Crippen LogP contribution in [0.3, 0.4) is 0 Å². The molecule has 0 fully saturated rings. The van der Waals surface area contributed by atoms with Crippen molar-refractivity contribution < 1.29 is 69.5 Å². The predicted molar refractivity (Wildman–Crippen MR) is 250 cm³/mol. The van der Waals surface area contributed by atoms with E-state index >= 15 is 0 Å². The van der Waals surface area contributed by atoms with E-state index in [9.17, 15) is 69.5 Å². The maximum absolute atomic E-state index is 14.9. The van der Waals surface area contributed by atoms with Crippen LogP contribution < -0.4 is 30.5 Å². The lowest BCUT2D eigenvalue weighted by atomic mass is 10.1. The molecule has 372 valence electrons. The van der Waals surface area contributed by atoms with Gasteiger partial charge in [0.1, 0.15) is 0 Å². The van der Waals surface area contributed by atoms with Gasteiger partial charge in [-0.1, -0.05) is 72.8 Å². The van der Waals surface area contributed by atoms with Crippen LogP contribution in [0.1, 0.15) is 22.3 Å². The summed E-state index contributed by atoms with van der Waals surface area (Å²) in [5, 5.41) is -2.42. The van der Waals surface area contributed by atoms with Gasteiger partial charge in [0.25, 0.3) is 0 Å². The van der Waals surface area contributed by atoms with E-state index in [1.807, 2.05) is 0 Å². The van der Waals surface area contributed by atoms with Gasteiger partial charge in [-0.25, -0.2) is 16.8 Å². The number of rotatable bonds is 6. The summed E-state index contributed by atoms with van der Waals surface area (Å²) < 4.78 is 235. The van der Waals surface area contributed by atoms with Crippen LogP contribution in [0, 0.1) is 0 Å². The van der Waals surface area contributed by atoms with Crippen LogP contribution in [-0.4, -0.2) is 24.9 Å². The zero-order valence-electron chi connectivity index (χ0n) is 36.7. The van der Waals surface area contributed by atoms with Crippen molar-refractivity contribution in [3.63, 3.8) is 0 Å². The Hall–Kier alpha value is -7.36. The quantitative estimate of drug-likeness (QED) is 0.0938. The van der Waals surface area contributed by atoms with Gasteiger partial charge in [0.2, 0.25) is 19.7 Å². The Kier molecular flexibility index (Phi) is 11.4. The van der Waals surface area contributed by atoms with Gasteiger partial charge in [-0.2, -0.15) is 52.7 Å². The van der Waals surface area contributed by atoms with Crippen molar-refractivity contribution in [1.82, 2.24) is 0 Å². The average Bonchev–Trinajstić information content (AvgIpc) is 3.34. The maximum atomic E-state index is 14.9. The third-order valence-electron chi connectivity index (χ3n) is 12.7. The Morgan fingerprint density at radius 2 is 0.534 bits per heavy atom. The van der Waals surface area contributed by atoms with Crippen molar-refractivity contribution in [3.05, 3.63) is 204 Å². The largest absolute Gasteiger partial charge is 0.416 e. The number of halogens is 12. The second-order valence-electron chi connectivity index (χ2n) is 17.0. The molecule has 10 rings (SSSR count). The van der Waals surface area contributed by atoms with Gasteiger partial charge in [-0.05, 0) is 130 Å². The van der Waals surface area contributed by atoms with E-state index in [4.69, 9.17) is 0 Å². The lowest BCUT2D eigenvalue weighted by Gasteiger charge is -2.37. The number of benzene rings is 8. The summed E-state index contributed by atoms with van der Waals surface area (Å²) in [4.78, 5) is 2.38. The highest BCUT2D eigenvalue weighted by atomic mass is 32.2. The minimum atomic E-state index is -5.54. The molecule has 2 aliphatic rings. The Morgan fingerprint density at radius 1 is 0.301 bits per heavy atom. The van der Waals surface area contributed by atoms with E-state index < -0.39 is 85.1 Å². The molecule has 21 heteroatoms. The highest BCUT2D eigenvalue weighted by molar-refractivity contribution is 7.92. The highest BCUT2D eigenvalue weighted by Gasteiger charge is 2.49. The summed E-state index contributed by atoms with van der Waals surface area (Å²) in [7, 11) is -13.7. The van der Waals surface area contributed by atoms with E-state index in [-0.39, 0.29) is 76.2 Å². The molecule has 0 N–H and O–H groups in total. The molecule has 2 heterocycles. The number of anilines is 6. The molecule has 0 aliphatic carbocycles. The van der Waals surface area contributed by atoms with Crippen LogP contribution in [-0.2, 0) is 44.4 Å². The molecule has 0 atom stereocenters. The molecule has 0 amide bonds. The minimum Gasteiger partial charge on any atom is -0.308 e. The number of sulfone groups is 2. The zero-order chi connectivity index (χ0) is 52.3. The summed E-state index contributed by atoms with van der Waals surface area (Å²) in [6, 6.07) is 33.8. The van der Waals surface area contributed by atoms with Crippen molar-refractivity contribution in [1.29, 1.82) is 0 Å². The molecule has 0 radical (unpaired) electrons. The molecular formula is C52H30F12N2O4S2Si. The van der Waals surface area contributed by atoms with Gasteiger partial charge in [-0.3, -0.25) is 0 Å². The molecule has 0 saturated heterocycles. The standard InChI is InChI=1S/C52H30F12N2O4S2Si/c53-49(54,55)31-25-32(50(56,57)58)28-39(27-31)73(40-29-33(51(59,60)61)26-34(30-40)52(62,63)64,37-21-17-35(18-22-37)65-41-9-1-5-13-45(41)71(67,68)46-14-6-2-10-42(46)65)38-23-19-36(20-24-38)66-43-11-3-7-15-47(43)72(69,70)48-16-8-4-12-44(48)66/h1-30H. The van der Waals surface area contributed by atoms with E-state index in [1.165, 1.54) is 155 Å². The van der Waals surface area contributed by atoms with Crippen LogP contribution in [0.2, 0.25) is 0 Å². The second kappa shape index (κ2) is 16.9. The van der Waals surface area contributed by atoms with Crippen molar-refractivity contribution in [3.8, 4) is 0 Å². The Labute approximate surface area is 408 Å². The number of hydrogen-bond donors (Lipinski definition) is 0. The van der Waals surface area contributed by atoms with Crippen molar-refractivity contribution in [2.24, 2.45) is 0 Å². The Morgan fingerprint density at radius 3 is 0.767 bits per heavy atom. The first-order valence-corrected chi connectivity index (χ1v) is 26.5. The fraction of sp³-hybridized carbons (Fsp3) is 0.0769. The molecule has 8 aromatic carbocycles. The van der Waals surface area contributed by atoms with Gasteiger partial charge in [0.15, 0.2) is 8.07 Å². The fourth-order valence-corrected chi connectivity index (χ4v) is 17.7. The SMILES string of the molecule is O=S1(=O)c2ccccc2N(c2ccc([Si](c3ccc(N4c5ccccc5S(=O)(=O)c5ccccc54)cc3)(c3cc(C(F)(F)F)cc(C(F)(F)F)c3)c3cc(C(F)(F)F)cc(C(F)(F)F)c3)cc2)c2ccccc21. The number of fused-ring (bicyclic) bond motifs is 4. The highest BCUT2D eigenvalue weighted by Crippen LogP contribution is 2.50. The number of para-hydroxylation sites is 4. The molecule has 6 nitrogen and oxygen atoms in total. The zero-order valence-corrected chi connectivity index (χ0v) is 39.3. The van der Waals surface area contributed by atoms with Gasteiger partial charge >= 0.3 is 24.7 Å². The van der Waals surface area contributed by atoms with Crippen LogP contribution in [0.25, 0.3) is 0 Å². The van der Waals surface area contributed by atoms with Crippen molar-refractivity contribution >= 4 is 82.6 Å².